The molecule has 0 aromatic heterocycles. The Morgan fingerprint density at radius 1 is 1.12 bits per heavy atom. The third-order valence-corrected chi connectivity index (χ3v) is 5.77. The fraction of sp³-hybridized carbons (Fsp3) is 0.708. The first-order valence-electron chi connectivity index (χ1n) is 10.5. The van der Waals surface area contributed by atoms with Crippen LogP contribution in [0, 0.1) is 18.8 Å². The summed E-state index contributed by atoms with van der Waals surface area (Å²) in [5.74, 6) is 2.28. The first-order valence-corrected chi connectivity index (χ1v) is 10.5. The molecule has 2 heteroatoms. The highest BCUT2D eigenvalue weighted by molar-refractivity contribution is 5.86. The van der Waals surface area contributed by atoms with Gasteiger partial charge < -0.3 is 4.74 Å². The van der Waals surface area contributed by atoms with Gasteiger partial charge in [0, 0.05) is 23.9 Å². The summed E-state index contributed by atoms with van der Waals surface area (Å²) < 4.78 is 6.50. The summed E-state index contributed by atoms with van der Waals surface area (Å²) >= 11 is 0. The van der Waals surface area contributed by atoms with Gasteiger partial charge in [0.25, 0.3) is 0 Å². The van der Waals surface area contributed by atoms with Crippen LogP contribution in [0.1, 0.15) is 90.3 Å². The topological polar surface area (TPSA) is 21.6 Å². The Morgan fingerprint density at radius 2 is 1.77 bits per heavy atom. The van der Waals surface area contributed by atoms with Gasteiger partial charge in [-0.3, -0.25) is 4.99 Å². The van der Waals surface area contributed by atoms with Crippen molar-refractivity contribution in [2.45, 2.75) is 92.1 Å². The van der Waals surface area contributed by atoms with Gasteiger partial charge in [-0.25, -0.2) is 0 Å². The van der Waals surface area contributed by atoms with Crippen LogP contribution >= 0.6 is 0 Å². The molecule has 1 aliphatic rings. The SMILES string of the molecule is Cc1ccc(C(C)(C)C)c(O[C@H](C)C(C)C)c1C=NCC1CCCCC1. The zero-order valence-electron chi connectivity index (χ0n) is 18.1. The van der Waals surface area contributed by atoms with Crippen molar-refractivity contribution >= 4 is 6.21 Å². The maximum Gasteiger partial charge on any atom is 0.132 e. The van der Waals surface area contributed by atoms with Crippen LogP contribution in [0.15, 0.2) is 17.1 Å². The lowest BCUT2D eigenvalue weighted by Crippen LogP contribution is -2.23. The quantitative estimate of drug-likeness (QED) is 0.518. The summed E-state index contributed by atoms with van der Waals surface area (Å²) in [5.41, 5.74) is 3.73. The van der Waals surface area contributed by atoms with Gasteiger partial charge in [0.05, 0.1) is 6.10 Å². The van der Waals surface area contributed by atoms with Gasteiger partial charge >= 0.3 is 0 Å². The molecule has 0 heterocycles. The minimum atomic E-state index is 0.0473. The molecule has 1 aromatic rings. The summed E-state index contributed by atoms with van der Waals surface area (Å²) in [4.78, 5) is 4.86. The monoisotopic (exact) mass is 357 g/mol. The number of benzene rings is 1. The minimum Gasteiger partial charge on any atom is -0.489 e. The van der Waals surface area contributed by atoms with Crippen molar-refractivity contribution in [1.29, 1.82) is 0 Å². The first kappa shape index (κ1) is 21.0. The maximum absolute atomic E-state index is 6.50. The Kier molecular flexibility index (Phi) is 7.32. The second-order valence-electron chi connectivity index (χ2n) is 9.49. The van der Waals surface area contributed by atoms with E-state index in [4.69, 9.17) is 9.73 Å². The van der Waals surface area contributed by atoms with Gasteiger partial charge in [-0.1, -0.05) is 66.0 Å². The first-order chi connectivity index (χ1) is 12.2. The lowest BCUT2D eigenvalue weighted by Gasteiger charge is -2.28. The van der Waals surface area contributed by atoms with E-state index in [9.17, 15) is 0 Å². The van der Waals surface area contributed by atoms with Crippen molar-refractivity contribution in [2.24, 2.45) is 16.8 Å². The molecule has 1 saturated carbocycles. The third kappa shape index (κ3) is 5.59. The van der Waals surface area contributed by atoms with Crippen molar-refractivity contribution in [1.82, 2.24) is 0 Å². The lowest BCUT2D eigenvalue weighted by atomic mass is 9.84. The van der Waals surface area contributed by atoms with Crippen LogP contribution in [0.5, 0.6) is 5.75 Å². The Labute approximate surface area is 161 Å². The third-order valence-electron chi connectivity index (χ3n) is 5.77. The molecule has 1 atom stereocenters. The fourth-order valence-electron chi connectivity index (χ4n) is 3.56. The summed E-state index contributed by atoms with van der Waals surface area (Å²) in [7, 11) is 0. The molecule has 0 saturated heterocycles. The van der Waals surface area contributed by atoms with E-state index in [1.165, 1.54) is 48.8 Å². The van der Waals surface area contributed by atoms with Gasteiger partial charge in [-0.2, -0.15) is 0 Å². The van der Waals surface area contributed by atoms with E-state index < -0.39 is 0 Å². The summed E-state index contributed by atoms with van der Waals surface area (Å²) in [6.07, 6.45) is 9.10. The van der Waals surface area contributed by atoms with Crippen molar-refractivity contribution in [3.05, 3.63) is 28.8 Å². The van der Waals surface area contributed by atoms with Gasteiger partial charge in [0.1, 0.15) is 5.75 Å². The smallest absolute Gasteiger partial charge is 0.132 e. The van der Waals surface area contributed by atoms with E-state index in [0.29, 0.717) is 5.92 Å². The van der Waals surface area contributed by atoms with Gasteiger partial charge in [-0.05, 0) is 49.5 Å². The molecule has 1 aliphatic carbocycles. The van der Waals surface area contributed by atoms with Crippen molar-refractivity contribution in [2.75, 3.05) is 6.54 Å². The van der Waals surface area contributed by atoms with Gasteiger partial charge in [0.15, 0.2) is 0 Å². The number of ether oxygens (including phenoxy) is 1. The maximum atomic E-state index is 6.50. The van der Waals surface area contributed by atoms with Crippen LogP contribution in [-0.2, 0) is 5.41 Å². The molecule has 0 spiro atoms. The minimum absolute atomic E-state index is 0.0473. The van der Waals surface area contributed by atoms with Crippen LogP contribution in [0.25, 0.3) is 0 Å². The molecule has 0 N–H and O–H groups in total. The molecule has 0 amide bonds. The molecular formula is C24H39NO. The average molecular weight is 358 g/mol. The molecule has 0 radical (unpaired) electrons. The van der Waals surface area contributed by atoms with Crippen LogP contribution in [0.3, 0.4) is 0 Å². The molecule has 0 bridgehead atoms. The Hall–Kier alpha value is -1.31. The van der Waals surface area contributed by atoms with Gasteiger partial charge in [0.2, 0.25) is 0 Å². The van der Waals surface area contributed by atoms with Crippen molar-refractivity contribution in [3.63, 3.8) is 0 Å². The zero-order chi connectivity index (χ0) is 19.3. The number of aryl methyl sites for hydroxylation is 1. The van der Waals surface area contributed by atoms with E-state index in [1.54, 1.807) is 0 Å². The molecule has 2 nitrogen and oxygen atoms in total. The number of rotatable bonds is 6. The molecule has 0 unspecified atom stereocenters. The normalized spacial score (nSPS) is 17.8. The Morgan fingerprint density at radius 3 is 2.35 bits per heavy atom. The van der Waals surface area contributed by atoms with E-state index in [2.05, 4.69) is 66.8 Å². The molecule has 1 aromatic carbocycles. The molecule has 0 aliphatic heterocycles. The highest BCUT2D eigenvalue weighted by atomic mass is 16.5. The lowest BCUT2D eigenvalue weighted by molar-refractivity contribution is 0.166. The highest BCUT2D eigenvalue weighted by Crippen LogP contribution is 2.36. The summed E-state index contributed by atoms with van der Waals surface area (Å²) in [6.45, 7) is 16.5. The summed E-state index contributed by atoms with van der Waals surface area (Å²) in [6, 6.07) is 4.45. The Balaban J connectivity index is 2.32. The largest absolute Gasteiger partial charge is 0.489 e. The molecule has 26 heavy (non-hydrogen) atoms. The zero-order valence-corrected chi connectivity index (χ0v) is 18.1. The molecule has 2 rings (SSSR count). The van der Waals surface area contributed by atoms with E-state index in [0.717, 1.165) is 18.2 Å². The number of aliphatic imine (C=N–C) groups is 1. The number of hydrogen-bond acceptors (Lipinski definition) is 2. The number of nitrogens with zero attached hydrogens (tertiary/aromatic N) is 1. The van der Waals surface area contributed by atoms with E-state index >= 15 is 0 Å². The average Bonchev–Trinajstić information content (AvgIpc) is 2.57. The molecule has 146 valence electrons. The summed E-state index contributed by atoms with van der Waals surface area (Å²) in [5, 5.41) is 0. The predicted molar refractivity (Wildman–Crippen MR) is 114 cm³/mol. The van der Waals surface area contributed by atoms with Crippen molar-refractivity contribution < 1.29 is 4.74 Å². The van der Waals surface area contributed by atoms with Crippen LogP contribution in [0.4, 0.5) is 0 Å². The van der Waals surface area contributed by atoms with Crippen LogP contribution in [-0.4, -0.2) is 18.9 Å². The van der Waals surface area contributed by atoms with Crippen LogP contribution in [0.2, 0.25) is 0 Å². The van der Waals surface area contributed by atoms with Crippen LogP contribution < -0.4 is 4.74 Å². The number of hydrogen-bond donors (Lipinski definition) is 0. The van der Waals surface area contributed by atoms with Crippen molar-refractivity contribution in [3.8, 4) is 5.75 Å². The second-order valence-corrected chi connectivity index (χ2v) is 9.49. The van der Waals surface area contributed by atoms with E-state index in [-0.39, 0.29) is 11.5 Å². The molecule has 1 fully saturated rings. The van der Waals surface area contributed by atoms with E-state index in [1.807, 2.05) is 0 Å². The Bertz CT molecular complexity index is 603. The fourth-order valence-corrected chi connectivity index (χ4v) is 3.56. The second kappa shape index (κ2) is 9.06. The predicted octanol–water partition coefficient (Wildman–Crippen LogP) is 6.72. The van der Waals surface area contributed by atoms with Gasteiger partial charge in [-0.15, -0.1) is 0 Å². The molecular weight excluding hydrogens is 318 g/mol. The highest BCUT2D eigenvalue weighted by Gasteiger charge is 2.24. The standard InChI is InChI=1S/C24H39NO/c1-17(2)19(4)26-23-21(16-25-15-20-11-9-8-10-12-20)18(3)13-14-22(23)24(5,6)7/h13-14,16-17,19-20H,8-12,15H2,1-7H3/t19-/m1/s1.